The maximum atomic E-state index is 13.1. The summed E-state index contributed by atoms with van der Waals surface area (Å²) in [6.07, 6.45) is 5.79. The molecule has 1 N–H and O–H groups in total. The first-order valence-corrected chi connectivity index (χ1v) is 9.98. The van der Waals surface area contributed by atoms with Crippen molar-refractivity contribution in [3.8, 4) is 0 Å². The Labute approximate surface area is 169 Å². The summed E-state index contributed by atoms with van der Waals surface area (Å²) in [6.45, 7) is 1.03. The molecule has 0 saturated carbocycles. The van der Waals surface area contributed by atoms with Gasteiger partial charge in [0.15, 0.2) is 11.5 Å². The second-order valence-corrected chi connectivity index (χ2v) is 7.45. The third kappa shape index (κ3) is 4.07. The normalized spacial score (nSPS) is 21.8. The number of pyridine rings is 1. The molecule has 1 amide bonds. The van der Waals surface area contributed by atoms with Crippen LogP contribution in [0.4, 0.5) is 0 Å². The molecule has 6 heteroatoms. The molecule has 1 fully saturated rings. The maximum absolute atomic E-state index is 13.1. The highest BCUT2D eigenvalue weighted by atomic mass is 16.5. The van der Waals surface area contributed by atoms with E-state index in [-0.39, 0.29) is 23.9 Å². The lowest BCUT2D eigenvalue weighted by atomic mass is 9.93. The number of aromatic nitrogens is 1. The lowest BCUT2D eigenvalue weighted by Crippen LogP contribution is -2.37. The van der Waals surface area contributed by atoms with Gasteiger partial charge in [-0.2, -0.15) is 0 Å². The third-order valence-electron chi connectivity index (χ3n) is 5.53. The number of amides is 1. The van der Waals surface area contributed by atoms with Gasteiger partial charge in [-0.15, -0.1) is 0 Å². The van der Waals surface area contributed by atoms with Gasteiger partial charge in [-0.05, 0) is 42.5 Å². The first-order chi connectivity index (χ1) is 14.1. The molecule has 1 aromatic carbocycles. The van der Waals surface area contributed by atoms with E-state index < -0.39 is 17.7 Å². The Hall–Kier alpha value is -2.99. The van der Waals surface area contributed by atoms with Crippen LogP contribution in [-0.4, -0.2) is 45.9 Å². The predicted molar refractivity (Wildman–Crippen MR) is 107 cm³/mol. The second-order valence-electron chi connectivity index (χ2n) is 7.45. The van der Waals surface area contributed by atoms with Gasteiger partial charge in [0.1, 0.15) is 0 Å². The van der Waals surface area contributed by atoms with Gasteiger partial charge in [0, 0.05) is 32.0 Å². The zero-order valence-electron chi connectivity index (χ0n) is 16.2. The minimum atomic E-state index is -0.613. The van der Waals surface area contributed by atoms with Gasteiger partial charge in [-0.3, -0.25) is 14.6 Å². The summed E-state index contributed by atoms with van der Waals surface area (Å²) in [5.41, 5.74) is 1.98. The second kappa shape index (κ2) is 8.57. The number of carbonyl (C=O) groups is 2. The molecule has 2 aromatic rings. The maximum Gasteiger partial charge on any atom is 0.290 e. The van der Waals surface area contributed by atoms with E-state index in [4.69, 9.17) is 4.74 Å². The topological polar surface area (TPSA) is 79.7 Å². The van der Waals surface area contributed by atoms with E-state index in [1.54, 1.807) is 29.4 Å². The molecule has 0 spiro atoms. The lowest BCUT2D eigenvalue weighted by molar-refractivity contribution is -0.131. The predicted octanol–water partition coefficient (Wildman–Crippen LogP) is 3.16. The number of aliphatic hydroxyl groups excluding tert-OH is 1. The average Bonchev–Trinajstić information content (AvgIpc) is 3.36. The van der Waals surface area contributed by atoms with Crippen molar-refractivity contribution < 1.29 is 19.4 Å². The molecule has 2 aliphatic rings. The van der Waals surface area contributed by atoms with Crippen LogP contribution in [0.3, 0.4) is 0 Å². The van der Waals surface area contributed by atoms with Crippen LogP contribution >= 0.6 is 0 Å². The van der Waals surface area contributed by atoms with Gasteiger partial charge in [0.25, 0.3) is 5.91 Å². The number of aryl methyl sites for hydroxylation is 1. The van der Waals surface area contributed by atoms with Gasteiger partial charge in [-0.1, -0.05) is 30.3 Å². The number of benzene rings is 1. The first-order valence-electron chi connectivity index (χ1n) is 9.98. The molecule has 150 valence electrons. The van der Waals surface area contributed by atoms with Crippen molar-refractivity contribution in [2.45, 2.75) is 37.8 Å². The number of ketones is 1. The molecule has 1 aromatic heterocycles. The van der Waals surface area contributed by atoms with E-state index in [9.17, 15) is 14.7 Å². The molecule has 0 radical (unpaired) electrons. The Morgan fingerprint density at radius 1 is 1.17 bits per heavy atom. The van der Waals surface area contributed by atoms with E-state index in [0.717, 1.165) is 24.0 Å². The van der Waals surface area contributed by atoms with Crippen LogP contribution in [0, 0.1) is 0 Å². The highest BCUT2D eigenvalue weighted by Gasteiger charge is 2.44. The Kier molecular flexibility index (Phi) is 5.71. The van der Waals surface area contributed by atoms with Crippen LogP contribution in [0.1, 0.15) is 36.4 Å². The van der Waals surface area contributed by atoms with Crippen molar-refractivity contribution in [2.75, 3.05) is 13.2 Å². The molecule has 1 saturated heterocycles. The highest BCUT2D eigenvalue weighted by Crippen LogP contribution is 2.38. The van der Waals surface area contributed by atoms with Crippen LogP contribution < -0.4 is 0 Å². The SMILES string of the molecule is O=C(CCc1ccccc1)C1=C(O)C(=O)N(CC2CCCO2)C1c1ccncc1. The van der Waals surface area contributed by atoms with Crippen LogP contribution in [0.5, 0.6) is 0 Å². The zero-order valence-corrected chi connectivity index (χ0v) is 16.2. The number of nitrogens with zero attached hydrogens (tertiary/aromatic N) is 2. The third-order valence-corrected chi connectivity index (χ3v) is 5.53. The molecule has 3 heterocycles. The van der Waals surface area contributed by atoms with Crippen LogP contribution in [0.2, 0.25) is 0 Å². The van der Waals surface area contributed by atoms with Gasteiger partial charge < -0.3 is 14.7 Å². The fourth-order valence-electron chi connectivity index (χ4n) is 4.06. The zero-order chi connectivity index (χ0) is 20.2. The molecule has 6 nitrogen and oxygen atoms in total. The fourth-order valence-corrected chi connectivity index (χ4v) is 4.06. The molecule has 0 bridgehead atoms. The minimum absolute atomic E-state index is 0.0742. The van der Waals surface area contributed by atoms with E-state index in [1.807, 2.05) is 30.3 Å². The number of Topliss-reactive ketones (excluding diaryl/α,β-unsaturated/α-hetero) is 1. The number of aliphatic hydroxyl groups is 1. The summed E-state index contributed by atoms with van der Waals surface area (Å²) >= 11 is 0. The van der Waals surface area contributed by atoms with Crippen molar-refractivity contribution in [1.82, 2.24) is 9.88 Å². The smallest absolute Gasteiger partial charge is 0.290 e. The number of hydrogen-bond acceptors (Lipinski definition) is 5. The number of ether oxygens (including phenoxy) is 1. The summed E-state index contributed by atoms with van der Waals surface area (Å²) in [5.74, 6) is -1.16. The average molecular weight is 392 g/mol. The van der Waals surface area contributed by atoms with Crippen molar-refractivity contribution in [2.24, 2.45) is 0 Å². The van der Waals surface area contributed by atoms with Crippen LogP contribution in [0.25, 0.3) is 0 Å². The van der Waals surface area contributed by atoms with E-state index in [2.05, 4.69) is 4.98 Å². The molecule has 2 atom stereocenters. The molecule has 2 unspecified atom stereocenters. The summed E-state index contributed by atoms with van der Waals surface area (Å²) in [7, 11) is 0. The number of hydrogen-bond donors (Lipinski definition) is 1. The molecular weight excluding hydrogens is 368 g/mol. The Bertz CT molecular complexity index is 905. The van der Waals surface area contributed by atoms with E-state index in [1.165, 1.54) is 0 Å². The molecule has 4 rings (SSSR count). The number of carbonyl (C=O) groups excluding carboxylic acids is 2. The Morgan fingerprint density at radius 3 is 2.62 bits per heavy atom. The quantitative estimate of drug-likeness (QED) is 0.783. The number of rotatable bonds is 7. The lowest BCUT2D eigenvalue weighted by Gasteiger charge is -2.28. The molecule has 0 aliphatic carbocycles. The largest absolute Gasteiger partial charge is 0.503 e. The summed E-state index contributed by atoms with van der Waals surface area (Å²) in [4.78, 5) is 31.6. The summed E-state index contributed by atoms with van der Waals surface area (Å²) in [5, 5.41) is 10.6. The molecule has 2 aliphatic heterocycles. The van der Waals surface area contributed by atoms with Crippen LogP contribution in [0.15, 0.2) is 66.2 Å². The van der Waals surface area contributed by atoms with Gasteiger partial charge in [0.05, 0.1) is 17.7 Å². The van der Waals surface area contributed by atoms with Crippen LogP contribution in [-0.2, 0) is 20.7 Å². The van der Waals surface area contributed by atoms with Crippen molar-refractivity contribution >= 4 is 11.7 Å². The van der Waals surface area contributed by atoms with Gasteiger partial charge in [0.2, 0.25) is 0 Å². The Morgan fingerprint density at radius 2 is 1.93 bits per heavy atom. The molecule has 29 heavy (non-hydrogen) atoms. The monoisotopic (exact) mass is 392 g/mol. The van der Waals surface area contributed by atoms with Crippen molar-refractivity contribution in [3.05, 3.63) is 77.3 Å². The van der Waals surface area contributed by atoms with E-state index in [0.29, 0.717) is 19.6 Å². The van der Waals surface area contributed by atoms with Gasteiger partial charge in [-0.25, -0.2) is 0 Å². The van der Waals surface area contributed by atoms with Crippen molar-refractivity contribution in [1.29, 1.82) is 0 Å². The first kappa shape index (κ1) is 19.3. The fraction of sp³-hybridized carbons (Fsp3) is 0.348. The standard InChI is InChI=1S/C23H24N2O4/c26-19(9-8-16-5-2-1-3-6-16)20-21(17-10-12-24-13-11-17)25(23(28)22(20)27)15-18-7-4-14-29-18/h1-3,5-6,10-13,18,21,27H,4,7-9,14-15H2. The Balaban J connectivity index is 1.60. The minimum Gasteiger partial charge on any atom is -0.503 e. The van der Waals surface area contributed by atoms with Gasteiger partial charge >= 0.3 is 0 Å². The summed E-state index contributed by atoms with van der Waals surface area (Å²) < 4.78 is 5.69. The summed E-state index contributed by atoms with van der Waals surface area (Å²) in [6, 6.07) is 12.7. The molecular formula is C23H24N2O4. The van der Waals surface area contributed by atoms with E-state index >= 15 is 0 Å². The van der Waals surface area contributed by atoms with Crippen molar-refractivity contribution in [3.63, 3.8) is 0 Å². The highest BCUT2D eigenvalue weighted by molar-refractivity contribution is 6.09.